The van der Waals surface area contributed by atoms with Gasteiger partial charge in [-0.05, 0) is 25.2 Å². The number of amides is 1. The minimum absolute atomic E-state index is 0.00585. The Morgan fingerprint density at radius 2 is 2.11 bits per heavy atom. The average Bonchev–Trinajstić information content (AvgIpc) is 2.60. The lowest BCUT2D eigenvalue weighted by Crippen LogP contribution is -2.36. The molecule has 7 heteroatoms. The fourth-order valence-electron chi connectivity index (χ4n) is 2.87. The van der Waals surface area contributed by atoms with Crippen molar-refractivity contribution in [2.45, 2.75) is 43.5 Å². The van der Waals surface area contributed by atoms with E-state index in [-0.39, 0.29) is 30.9 Å². The van der Waals surface area contributed by atoms with Crippen molar-refractivity contribution >= 4 is 15.9 Å². The number of rotatable bonds is 3. The number of carbonyl (C=O) groups excluding carboxylic acids is 1. The fraction of sp³-hybridized carbons (Fsp3) is 0.909. The molecule has 0 bridgehead atoms. The first kappa shape index (κ1) is 13.8. The van der Waals surface area contributed by atoms with Crippen molar-refractivity contribution in [3.8, 4) is 0 Å². The second-order valence-electron chi connectivity index (χ2n) is 5.40. The van der Waals surface area contributed by atoms with Crippen molar-refractivity contribution < 1.29 is 18.3 Å². The van der Waals surface area contributed by atoms with Gasteiger partial charge in [0.15, 0.2) is 0 Å². The molecule has 6 nitrogen and oxygen atoms in total. The van der Waals surface area contributed by atoms with E-state index >= 15 is 0 Å². The highest BCUT2D eigenvalue weighted by Gasteiger charge is 2.37. The summed E-state index contributed by atoms with van der Waals surface area (Å²) in [5.41, 5.74) is 0. The lowest BCUT2D eigenvalue weighted by atomic mass is 9.87. The zero-order valence-corrected chi connectivity index (χ0v) is 11.1. The molecule has 104 valence electrons. The molecule has 0 spiro atoms. The number of nitrogens with zero attached hydrogens (tertiary/aromatic N) is 1. The van der Waals surface area contributed by atoms with Crippen molar-refractivity contribution in [2.24, 2.45) is 11.1 Å². The average molecular weight is 276 g/mol. The van der Waals surface area contributed by atoms with Gasteiger partial charge in [0.05, 0.1) is 6.10 Å². The highest BCUT2D eigenvalue weighted by Crippen LogP contribution is 2.27. The Morgan fingerprint density at radius 3 is 2.67 bits per heavy atom. The van der Waals surface area contributed by atoms with Crippen LogP contribution in [0.15, 0.2) is 0 Å². The summed E-state index contributed by atoms with van der Waals surface area (Å²) in [5, 5.41) is 13.9. The first-order chi connectivity index (χ1) is 8.36. The fourth-order valence-corrected chi connectivity index (χ4v) is 3.64. The second kappa shape index (κ2) is 5.14. The lowest BCUT2D eigenvalue weighted by molar-refractivity contribution is -0.128. The van der Waals surface area contributed by atoms with Gasteiger partial charge in [-0.15, -0.1) is 0 Å². The molecule has 2 fully saturated rings. The van der Waals surface area contributed by atoms with Crippen molar-refractivity contribution in [2.75, 3.05) is 13.1 Å². The predicted molar refractivity (Wildman–Crippen MR) is 66.1 cm³/mol. The van der Waals surface area contributed by atoms with Crippen LogP contribution in [0.5, 0.6) is 0 Å². The molecule has 1 saturated carbocycles. The molecule has 1 heterocycles. The first-order valence-corrected chi connectivity index (χ1v) is 7.94. The third-order valence-electron chi connectivity index (χ3n) is 3.88. The maximum Gasteiger partial charge on any atom is 0.224 e. The molecule has 1 saturated heterocycles. The summed E-state index contributed by atoms with van der Waals surface area (Å²) in [6.07, 6.45) is 3.19. The van der Waals surface area contributed by atoms with E-state index in [4.69, 9.17) is 5.14 Å². The van der Waals surface area contributed by atoms with Gasteiger partial charge in [0.1, 0.15) is 5.25 Å². The van der Waals surface area contributed by atoms with Gasteiger partial charge in [0, 0.05) is 19.5 Å². The van der Waals surface area contributed by atoms with Crippen molar-refractivity contribution in [3.05, 3.63) is 0 Å². The van der Waals surface area contributed by atoms with E-state index < -0.39 is 15.3 Å². The largest absolute Gasteiger partial charge is 0.393 e. The first-order valence-electron chi connectivity index (χ1n) is 6.33. The second-order valence-corrected chi connectivity index (χ2v) is 7.25. The summed E-state index contributed by atoms with van der Waals surface area (Å²) in [5.74, 6) is 0.131. The molecule has 0 aromatic heterocycles. The Hall–Kier alpha value is -0.660. The van der Waals surface area contributed by atoms with Gasteiger partial charge in [-0.3, -0.25) is 4.79 Å². The topological polar surface area (TPSA) is 101 Å². The van der Waals surface area contributed by atoms with E-state index in [2.05, 4.69) is 0 Å². The van der Waals surface area contributed by atoms with Gasteiger partial charge < -0.3 is 10.0 Å². The van der Waals surface area contributed by atoms with Gasteiger partial charge >= 0.3 is 0 Å². The van der Waals surface area contributed by atoms with Crippen LogP contribution < -0.4 is 5.14 Å². The SMILES string of the molecule is NS(=O)(=O)C1CC(=O)N(CC2CCCC(O)C2)C1. The summed E-state index contributed by atoms with van der Waals surface area (Å²) in [7, 11) is -3.63. The quantitative estimate of drug-likeness (QED) is 0.720. The van der Waals surface area contributed by atoms with E-state index in [1.165, 1.54) is 0 Å². The van der Waals surface area contributed by atoms with E-state index in [0.717, 1.165) is 19.3 Å². The zero-order chi connectivity index (χ0) is 13.3. The minimum Gasteiger partial charge on any atom is -0.393 e. The Balaban J connectivity index is 1.92. The molecule has 18 heavy (non-hydrogen) atoms. The van der Waals surface area contributed by atoms with Crippen LogP contribution >= 0.6 is 0 Å². The van der Waals surface area contributed by atoms with Crippen LogP contribution in [0.25, 0.3) is 0 Å². The molecule has 1 aliphatic heterocycles. The number of hydrogen-bond acceptors (Lipinski definition) is 4. The molecule has 2 aliphatic rings. The lowest BCUT2D eigenvalue weighted by Gasteiger charge is -2.29. The van der Waals surface area contributed by atoms with Gasteiger partial charge in [0.25, 0.3) is 0 Å². The summed E-state index contributed by atoms with van der Waals surface area (Å²) >= 11 is 0. The molecule has 3 atom stereocenters. The molecule has 0 aromatic carbocycles. The molecule has 3 unspecified atom stereocenters. The summed E-state index contributed by atoms with van der Waals surface area (Å²) in [6, 6.07) is 0. The van der Waals surface area contributed by atoms with Crippen LogP contribution in [0, 0.1) is 5.92 Å². The zero-order valence-electron chi connectivity index (χ0n) is 10.3. The number of aliphatic hydroxyl groups excluding tert-OH is 1. The van der Waals surface area contributed by atoms with Crippen LogP contribution in [0.3, 0.4) is 0 Å². The van der Waals surface area contributed by atoms with Crippen LogP contribution in [0.1, 0.15) is 32.1 Å². The monoisotopic (exact) mass is 276 g/mol. The van der Waals surface area contributed by atoms with Crippen molar-refractivity contribution in [3.63, 3.8) is 0 Å². The Bertz CT molecular complexity index is 423. The molecule has 0 aromatic rings. The van der Waals surface area contributed by atoms with E-state index in [1.54, 1.807) is 4.90 Å². The van der Waals surface area contributed by atoms with E-state index in [1.807, 2.05) is 0 Å². The van der Waals surface area contributed by atoms with Gasteiger partial charge in [-0.2, -0.15) is 0 Å². The minimum atomic E-state index is -3.63. The molecular formula is C11H20N2O4S. The smallest absolute Gasteiger partial charge is 0.224 e. The van der Waals surface area contributed by atoms with Crippen LogP contribution in [-0.4, -0.2) is 48.8 Å². The highest BCUT2D eigenvalue weighted by molar-refractivity contribution is 7.89. The molecule has 2 rings (SSSR count). The predicted octanol–water partition coefficient (Wildman–Crippen LogP) is -0.573. The number of hydrogen-bond donors (Lipinski definition) is 2. The van der Waals surface area contributed by atoms with Gasteiger partial charge in [-0.1, -0.05) is 6.42 Å². The molecule has 1 amide bonds. The standard InChI is InChI=1S/C11H20N2O4S/c12-18(16,17)10-5-11(15)13(7-10)6-8-2-1-3-9(14)4-8/h8-10,14H,1-7H2,(H2,12,16,17). The van der Waals surface area contributed by atoms with Gasteiger partial charge in [-0.25, -0.2) is 13.6 Å². The molecule has 1 aliphatic carbocycles. The maximum atomic E-state index is 11.7. The van der Waals surface area contributed by atoms with E-state index in [9.17, 15) is 18.3 Å². The summed E-state index contributed by atoms with van der Waals surface area (Å²) in [4.78, 5) is 13.3. The van der Waals surface area contributed by atoms with Crippen molar-refractivity contribution in [1.29, 1.82) is 0 Å². The van der Waals surface area contributed by atoms with E-state index in [0.29, 0.717) is 13.0 Å². The Labute approximate surface area is 107 Å². The van der Waals surface area contributed by atoms with Crippen LogP contribution in [0.4, 0.5) is 0 Å². The number of sulfonamides is 1. The Kier molecular flexibility index (Phi) is 3.93. The number of carbonyl (C=O) groups is 1. The number of nitrogens with two attached hydrogens (primary N) is 1. The summed E-state index contributed by atoms with van der Waals surface area (Å²) in [6.45, 7) is 0.742. The third kappa shape index (κ3) is 3.21. The number of aliphatic hydroxyl groups is 1. The molecular weight excluding hydrogens is 256 g/mol. The van der Waals surface area contributed by atoms with Crippen molar-refractivity contribution in [1.82, 2.24) is 4.90 Å². The van der Waals surface area contributed by atoms with Gasteiger partial charge in [0.2, 0.25) is 15.9 Å². The van der Waals surface area contributed by atoms with Crippen LogP contribution in [-0.2, 0) is 14.8 Å². The van der Waals surface area contributed by atoms with Crippen LogP contribution in [0.2, 0.25) is 0 Å². The maximum absolute atomic E-state index is 11.7. The number of likely N-dealkylation sites (tertiary alicyclic amines) is 1. The molecule has 3 N–H and O–H groups in total. The summed E-state index contributed by atoms with van der Waals surface area (Å²) < 4.78 is 22.5. The Morgan fingerprint density at radius 1 is 1.39 bits per heavy atom. The molecule has 0 radical (unpaired) electrons. The highest BCUT2D eigenvalue weighted by atomic mass is 32.2. The number of primary sulfonamides is 1. The normalized spacial score (nSPS) is 34.0. The third-order valence-corrected chi connectivity index (χ3v) is 5.12.